The molecule has 1 atom stereocenters. The second-order valence-corrected chi connectivity index (χ2v) is 2.78. The standard InChI is InChI=1S/C7H12FNO/c1-9-4-2-6(8)7(10)3-5-9/h6H,2-5H2,1H3. The van der Waals surface area contributed by atoms with Crippen molar-refractivity contribution in [3.8, 4) is 0 Å². The maximum atomic E-state index is 12.6. The van der Waals surface area contributed by atoms with Crippen LogP contribution in [0.5, 0.6) is 0 Å². The van der Waals surface area contributed by atoms with E-state index in [1.54, 1.807) is 0 Å². The molecule has 1 aliphatic rings. The summed E-state index contributed by atoms with van der Waals surface area (Å²) in [6.45, 7) is 1.41. The van der Waals surface area contributed by atoms with Gasteiger partial charge >= 0.3 is 0 Å². The number of halogens is 1. The number of ketones is 1. The van der Waals surface area contributed by atoms with Gasteiger partial charge in [0.1, 0.15) is 0 Å². The SMILES string of the molecule is CN1CCC(=O)C(F)CC1. The smallest absolute Gasteiger partial charge is 0.168 e. The van der Waals surface area contributed by atoms with Crippen LogP contribution in [0.25, 0.3) is 0 Å². The molecule has 10 heavy (non-hydrogen) atoms. The molecule has 1 heterocycles. The first-order valence-corrected chi connectivity index (χ1v) is 3.55. The van der Waals surface area contributed by atoms with E-state index < -0.39 is 6.17 Å². The minimum atomic E-state index is -1.20. The van der Waals surface area contributed by atoms with Crippen LogP contribution in [-0.2, 0) is 4.79 Å². The van der Waals surface area contributed by atoms with Crippen LogP contribution >= 0.6 is 0 Å². The van der Waals surface area contributed by atoms with Gasteiger partial charge in [0.25, 0.3) is 0 Å². The normalized spacial score (nSPS) is 30.2. The Kier molecular flexibility index (Phi) is 2.38. The summed E-state index contributed by atoms with van der Waals surface area (Å²) in [5.41, 5.74) is 0. The number of nitrogens with zero attached hydrogens (tertiary/aromatic N) is 1. The summed E-state index contributed by atoms with van der Waals surface area (Å²) >= 11 is 0. The lowest BCUT2D eigenvalue weighted by molar-refractivity contribution is -0.123. The molecule has 0 saturated carbocycles. The Hall–Kier alpha value is -0.440. The van der Waals surface area contributed by atoms with Crippen LogP contribution in [0.2, 0.25) is 0 Å². The van der Waals surface area contributed by atoms with Gasteiger partial charge < -0.3 is 4.90 Å². The van der Waals surface area contributed by atoms with Crippen molar-refractivity contribution < 1.29 is 9.18 Å². The molecule has 0 radical (unpaired) electrons. The van der Waals surface area contributed by atoms with Crippen molar-refractivity contribution in [2.45, 2.75) is 19.0 Å². The highest BCUT2D eigenvalue weighted by Gasteiger charge is 2.21. The van der Waals surface area contributed by atoms with Crippen LogP contribution in [0.4, 0.5) is 4.39 Å². The predicted octanol–water partition coefficient (Wildman–Crippen LogP) is 0.619. The second-order valence-electron chi connectivity index (χ2n) is 2.78. The Morgan fingerprint density at radius 1 is 1.60 bits per heavy atom. The molecule has 0 aliphatic carbocycles. The molecule has 58 valence electrons. The quantitative estimate of drug-likeness (QED) is 0.498. The first-order valence-electron chi connectivity index (χ1n) is 3.55. The summed E-state index contributed by atoms with van der Waals surface area (Å²) in [6.07, 6.45) is -0.461. The number of likely N-dealkylation sites (tertiary alicyclic amines) is 1. The third-order valence-electron chi connectivity index (χ3n) is 1.85. The maximum absolute atomic E-state index is 12.6. The molecule has 1 unspecified atom stereocenters. The number of alkyl halides is 1. The zero-order chi connectivity index (χ0) is 7.56. The van der Waals surface area contributed by atoms with E-state index in [0.717, 1.165) is 0 Å². The zero-order valence-electron chi connectivity index (χ0n) is 6.14. The van der Waals surface area contributed by atoms with Crippen molar-refractivity contribution in [1.82, 2.24) is 4.90 Å². The fraction of sp³-hybridized carbons (Fsp3) is 0.857. The lowest BCUT2D eigenvalue weighted by Crippen LogP contribution is -2.18. The number of rotatable bonds is 0. The molecule has 0 aromatic rings. The summed E-state index contributed by atoms with van der Waals surface area (Å²) < 4.78 is 12.6. The highest BCUT2D eigenvalue weighted by molar-refractivity contribution is 5.83. The summed E-state index contributed by atoms with van der Waals surface area (Å²) in [4.78, 5) is 12.7. The van der Waals surface area contributed by atoms with Crippen LogP contribution in [0, 0.1) is 0 Å². The lowest BCUT2D eigenvalue weighted by Gasteiger charge is -2.10. The van der Waals surface area contributed by atoms with Gasteiger partial charge in [0, 0.05) is 19.5 Å². The van der Waals surface area contributed by atoms with Gasteiger partial charge in [0.05, 0.1) is 0 Å². The number of hydrogen-bond acceptors (Lipinski definition) is 2. The van der Waals surface area contributed by atoms with Crippen molar-refractivity contribution in [2.24, 2.45) is 0 Å². The summed E-state index contributed by atoms with van der Waals surface area (Å²) in [6, 6.07) is 0. The van der Waals surface area contributed by atoms with E-state index in [4.69, 9.17) is 0 Å². The Morgan fingerprint density at radius 2 is 2.30 bits per heavy atom. The molecule has 0 N–H and O–H groups in total. The third-order valence-corrected chi connectivity index (χ3v) is 1.85. The van der Waals surface area contributed by atoms with Crippen LogP contribution in [0.3, 0.4) is 0 Å². The van der Waals surface area contributed by atoms with Crippen molar-refractivity contribution in [2.75, 3.05) is 20.1 Å². The minimum Gasteiger partial charge on any atom is -0.306 e. The molecule has 1 fully saturated rings. The van der Waals surface area contributed by atoms with Crippen LogP contribution in [0.15, 0.2) is 0 Å². The number of carbonyl (C=O) groups excluding carboxylic acids is 1. The summed E-state index contributed by atoms with van der Waals surface area (Å²) in [5.74, 6) is -0.232. The van der Waals surface area contributed by atoms with E-state index in [1.165, 1.54) is 0 Å². The molecular weight excluding hydrogens is 133 g/mol. The van der Waals surface area contributed by atoms with E-state index in [2.05, 4.69) is 0 Å². The van der Waals surface area contributed by atoms with Gasteiger partial charge in [-0.05, 0) is 13.5 Å². The Morgan fingerprint density at radius 3 is 3.00 bits per heavy atom. The number of Topliss-reactive ketones (excluding diaryl/α,β-unsaturated/α-hetero) is 1. The summed E-state index contributed by atoms with van der Waals surface area (Å²) in [7, 11) is 1.91. The van der Waals surface area contributed by atoms with E-state index in [-0.39, 0.29) is 5.78 Å². The van der Waals surface area contributed by atoms with Crippen molar-refractivity contribution >= 4 is 5.78 Å². The van der Waals surface area contributed by atoms with Crippen LogP contribution < -0.4 is 0 Å². The number of carbonyl (C=O) groups is 1. The first-order chi connectivity index (χ1) is 4.70. The monoisotopic (exact) mass is 145 g/mol. The molecule has 0 aromatic heterocycles. The molecular formula is C7H12FNO. The fourth-order valence-electron chi connectivity index (χ4n) is 1.06. The van der Waals surface area contributed by atoms with Gasteiger partial charge in [-0.3, -0.25) is 4.79 Å². The average Bonchev–Trinajstić information content (AvgIpc) is 2.04. The minimum absolute atomic E-state index is 0.232. The second kappa shape index (κ2) is 3.10. The largest absolute Gasteiger partial charge is 0.306 e. The zero-order valence-corrected chi connectivity index (χ0v) is 6.14. The van der Waals surface area contributed by atoms with E-state index in [1.807, 2.05) is 11.9 Å². The molecule has 1 rings (SSSR count). The fourth-order valence-corrected chi connectivity index (χ4v) is 1.06. The lowest BCUT2D eigenvalue weighted by atomic mass is 10.2. The maximum Gasteiger partial charge on any atom is 0.168 e. The molecule has 1 aliphatic heterocycles. The molecule has 0 spiro atoms. The molecule has 0 bridgehead atoms. The highest BCUT2D eigenvalue weighted by atomic mass is 19.1. The van der Waals surface area contributed by atoms with Gasteiger partial charge in [0.15, 0.2) is 12.0 Å². The third kappa shape index (κ3) is 1.77. The topological polar surface area (TPSA) is 20.3 Å². The average molecular weight is 145 g/mol. The molecule has 0 amide bonds. The van der Waals surface area contributed by atoms with Crippen molar-refractivity contribution in [3.63, 3.8) is 0 Å². The molecule has 3 heteroatoms. The molecule has 2 nitrogen and oxygen atoms in total. The predicted molar refractivity (Wildman–Crippen MR) is 36.6 cm³/mol. The Bertz CT molecular complexity index is 138. The highest BCUT2D eigenvalue weighted by Crippen LogP contribution is 2.08. The van der Waals surface area contributed by atoms with Crippen LogP contribution in [0.1, 0.15) is 12.8 Å². The Balaban J connectivity index is 2.46. The first kappa shape index (κ1) is 7.66. The van der Waals surface area contributed by atoms with Gasteiger partial charge in [-0.2, -0.15) is 0 Å². The molecule has 0 aromatic carbocycles. The van der Waals surface area contributed by atoms with Gasteiger partial charge in [-0.25, -0.2) is 4.39 Å². The van der Waals surface area contributed by atoms with E-state index >= 15 is 0 Å². The van der Waals surface area contributed by atoms with Gasteiger partial charge in [-0.15, -0.1) is 0 Å². The summed E-state index contributed by atoms with van der Waals surface area (Å²) in [5, 5.41) is 0. The van der Waals surface area contributed by atoms with Crippen molar-refractivity contribution in [1.29, 1.82) is 0 Å². The molecule has 1 saturated heterocycles. The van der Waals surface area contributed by atoms with Crippen molar-refractivity contribution in [3.05, 3.63) is 0 Å². The van der Waals surface area contributed by atoms with Gasteiger partial charge in [0.2, 0.25) is 0 Å². The van der Waals surface area contributed by atoms with E-state index in [0.29, 0.717) is 25.9 Å². The van der Waals surface area contributed by atoms with Gasteiger partial charge in [-0.1, -0.05) is 0 Å². The Labute approximate surface area is 60.0 Å². The van der Waals surface area contributed by atoms with E-state index in [9.17, 15) is 9.18 Å². The van der Waals surface area contributed by atoms with Crippen LogP contribution in [-0.4, -0.2) is 37.0 Å². The number of hydrogen-bond donors (Lipinski definition) is 0.